The average molecular weight is 406 g/mol. The highest BCUT2D eigenvalue weighted by atomic mass is 19.4. The summed E-state index contributed by atoms with van der Waals surface area (Å²) >= 11 is 0. The van der Waals surface area contributed by atoms with Gasteiger partial charge in [0.25, 0.3) is 0 Å². The Morgan fingerprint density at radius 1 is 1.10 bits per heavy atom. The number of anilines is 3. The third-order valence-corrected chi connectivity index (χ3v) is 5.64. The molecular weight excluding hydrogens is 381 g/mol. The first kappa shape index (κ1) is 19.9. The normalized spacial score (nSPS) is 20.8. The highest BCUT2D eigenvalue weighted by Gasteiger charge is 2.31. The van der Waals surface area contributed by atoms with Gasteiger partial charge in [-0.25, -0.2) is 9.97 Å². The average Bonchev–Trinajstić information content (AvgIpc) is 3.14. The van der Waals surface area contributed by atoms with Crippen molar-refractivity contribution in [2.24, 2.45) is 0 Å². The van der Waals surface area contributed by atoms with E-state index in [0.717, 1.165) is 69.3 Å². The summed E-state index contributed by atoms with van der Waals surface area (Å²) < 4.78 is 39.1. The van der Waals surface area contributed by atoms with E-state index in [1.165, 1.54) is 0 Å². The zero-order chi connectivity index (χ0) is 20.4. The molecule has 1 atom stereocenters. The lowest BCUT2D eigenvalue weighted by molar-refractivity contribution is -0.137. The third-order valence-electron chi connectivity index (χ3n) is 5.64. The monoisotopic (exact) mass is 406 g/mol. The van der Waals surface area contributed by atoms with Crippen LogP contribution in [-0.4, -0.2) is 40.6 Å². The van der Waals surface area contributed by atoms with Crippen molar-refractivity contribution in [3.8, 4) is 0 Å². The molecule has 9 heteroatoms. The van der Waals surface area contributed by atoms with Crippen LogP contribution >= 0.6 is 0 Å². The summed E-state index contributed by atoms with van der Waals surface area (Å²) in [5, 5.41) is 6.32. The second-order valence-corrected chi connectivity index (χ2v) is 7.74. The second kappa shape index (κ2) is 8.14. The van der Waals surface area contributed by atoms with Gasteiger partial charge in [-0.1, -0.05) is 0 Å². The Labute approximate surface area is 168 Å². The number of nitrogens with zero attached hydrogens (tertiary/aromatic N) is 4. The fraction of sp³-hybridized carbons (Fsp3) is 0.550. The van der Waals surface area contributed by atoms with E-state index in [-0.39, 0.29) is 5.82 Å². The van der Waals surface area contributed by atoms with Crippen LogP contribution in [0, 0.1) is 0 Å². The smallest absolute Gasteiger partial charge is 0.338 e. The number of piperidine rings is 1. The van der Waals surface area contributed by atoms with Crippen LogP contribution < -0.4 is 15.5 Å². The van der Waals surface area contributed by atoms with Crippen molar-refractivity contribution in [3.63, 3.8) is 0 Å². The molecule has 0 bridgehead atoms. The number of halogens is 3. The fourth-order valence-corrected chi connectivity index (χ4v) is 4.01. The zero-order valence-corrected chi connectivity index (χ0v) is 16.3. The van der Waals surface area contributed by atoms with E-state index in [9.17, 15) is 13.2 Å². The SMILES string of the molecule is C[C@@H]1CCCN1c1nc(Nc2cc(C(F)(F)F)ccn2)cc(C2CCNCC2)n1. The number of rotatable bonds is 4. The minimum Gasteiger partial charge on any atom is -0.338 e. The van der Waals surface area contributed by atoms with Crippen LogP contribution in [-0.2, 0) is 6.18 Å². The van der Waals surface area contributed by atoms with E-state index < -0.39 is 11.7 Å². The van der Waals surface area contributed by atoms with Gasteiger partial charge < -0.3 is 15.5 Å². The van der Waals surface area contributed by atoms with Gasteiger partial charge in [0.2, 0.25) is 5.95 Å². The van der Waals surface area contributed by atoms with Crippen molar-refractivity contribution in [2.45, 2.75) is 50.7 Å². The van der Waals surface area contributed by atoms with Gasteiger partial charge in [-0.3, -0.25) is 0 Å². The molecule has 4 rings (SSSR count). The van der Waals surface area contributed by atoms with E-state index in [4.69, 9.17) is 4.98 Å². The maximum Gasteiger partial charge on any atom is 0.416 e. The van der Waals surface area contributed by atoms with Gasteiger partial charge in [0.15, 0.2) is 0 Å². The van der Waals surface area contributed by atoms with Crippen molar-refractivity contribution < 1.29 is 13.2 Å². The highest BCUT2D eigenvalue weighted by molar-refractivity contribution is 5.55. The Hall–Kier alpha value is -2.42. The second-order valence-electron chi connectivity index (χ2n) is 7.74. The van der Waals surface area contributed by atoms with Gasteiger partial charge in [-0.15, -0.1) is 0 Å². The summed E-state index contributed by atoms with van der Waals surface area (Å²) in [7, 11) is 0. The van der Waals surface area contributed by atoms with Crippen molar-refractivity contribution in [1.82, 2.24) is 20.3 Å². The van der Waals surface area contributed by atoms with Crippen LogP contribution in [0.4, 0.5) is 30.8 Å². The number of hydrogen-bond donors (Lipinski definition) is 2. The van der Waals surface area contributed by atoms with E-state index in [1.54, 1.807) is 0 Å². The zero-order valence-electron chi connectivity index (χ0n) is 16.3. The largest absolute Gasteiger partial charge is 0.416 e. The van der Waals surface area contributed by atoms with Gasteiger partial charge in [-0.2, -0.15) is 18.2 Å². The quantitative estimate of drug-likeness (QED) is 0.797. The van der Waals surface area contributed by atoms with Gasteiger partial charge in [-0.05, 0) is 57.8 Å². The number of pyridine rings is 1. The molecule has 2 fully saturated rings. The Bertz CT molecular complexity index is 850. The van der Waals surface area contributed by atoms with Crippen LogP contribution in [0.5, 0.6) is 0 Å². The summed E-state index contributed by atoms with van der Waals surface area (Å²) in [4.78, 5) is 15.7. The Balaban J connectivity index is 1.66. The molecule has 4 heterocycles. The van der Waals surface area contributed by atoms with Crippen molar-refractivity contribution in [3.05, 3.63) is 35.7 Å². The molecule has 156 valence electrons. The molecule has 0 radical (unpaired) electrons. The van der Waals surface area contributed by atoms with Gasteiger partial charge in [0, 0.05) is 30.8 Å². The van der Waals surface area contributed by atoms with Crippen LogP contribution in [0.1, 0.15) is 49.8 Å². The number of alkyl halides is 3. The lowest BCUT2D eigenvalue weighted by Crippen LogP contribution is -2.30. The predicted molar refractivity (Wildman–Crippen MR) is 105 cm³/mol. The van der Waals surface area contributed by atoms with Crippen molar-refractivity contribution in [1.29, 1.82) is 0 Å². The molecule has 0 aromatic carbocycles. The predicted octanol–water partition coefficient (Wildman–Crippen LogP) is 4.09. The van der Waals surface area contributed by atoms with E-state index in [0.29, 0.717) is 23.7 Å². The Kier molecular flexibility index (Phi) is 5.58. The minimum atomic E-state index is -4.42. The molecule has 0 aliphatic carbocycles. The lowest BCUT2D eigenvalue weighted by Gasteiger charge is -2.26. The Morgan fingerprint density at radius 3 is 2.59 bits per heavy atom. The van der Waals surface area contributed by atoms with Crippen molar-refractivity contribution in [2.75, 3.05) is 29.9 Å². The number of nitrogens with one attached hydrogen (secondary N) is 2. The molecule has 0 spiro atoms. The first-order valence-electron chi connectivity index (χ1n) is 10.1. The lowest BCUT2D eigenvalue weighted by atomic mass is 9.94. The molecule has 2 aliphatic rings. The molecule has 2 saturated heterocycles. The minimum absolute atomic E-state index is 0.121. The Morgan fingerprint density at radius 2 is 1.90 bits per heavy atom. The summed E-state index contributed by atoms with van der Waals surface area (Å²) in [5.74, 6) is 1.55. The maximum atomic E-state index is 13.0. The molecule has 2 aromatic heterocycles. The van der Waals surface area contributed by atoms with E-state index >= 15 is 0 Å². The third kappa shape index (κ3) is 4.60. The van der Waals surface area contributed by atoms with Gasteiger partial charge >= 0.3 is 6.18 Å². The van der Waals surface area contributed by atoms with Gasteiger partial charge in [0.1, 0.15) is 11.6 Å². The van der Waals surface area contributed by atoms with Crippen LogP contribution in [0.15, 0.2) is 24.4 Å². The van der Waals surface area contributed by atoms with Crippen LogP contribution in [0.2, 0.25) is 0 Å². The molecule has 29 heavy (non-hydrogen) atoms. The molecule has 0 unspecified atom stereocenters. The van der Waals surface area contributed by atoms with Crippen LogP contribution in [0.3, 0.4) is 0 Å². The van der Waals surface area contributed by atoms with Crippen molar-refractivity contribution >= 4 is 17.6 Å². The summed E-state index contributed by atoms with van der Waals surface area (Å²) in [6.45, 7) is 4.90. The molecular formula is C20H25F3N6. The van der Waals surface area contributed by atoms with E-state index in [1.807, 2.05) is 6.07 Å². The molecule has 0 saturated carbocycles. The topological polar surface area (TPSA) is 66.0 Å². The standard InChI is InChI=1S/C20H25F3N6/c1-13-3-2-10-29(13)19-26-16(14-4-7-24-8-5-14)12-18(28-19)27-17-11-15(6-9-25-17)20(21,22)23/h6,9,11-14,24H,2-5,7-8,10H2,1H3,(H,25,26,27,28)/t13-/m1/s1. The fourth-order valence-electron chi connectivity index (χ4n) is 4.01. The molecule has 2 aliphatic heterocycles. The molecule has 2 aromatic rings. The number of hydrogen-bond acceptors (Lipinski definition) is 6. The van der Waals surface area contributed by atoms with E-state index in [2.05, 4.69) is 32.4 Å². The molecule has 6 nitrogen and oxygen atoms in total. The van der Waals surface area contributed by atoms with Crippen LogP contribution in [0.25, 0.3) is 0 Å². The maximum absolute atomic E-state index is 13.0. The van der Waals surface area contributed by atoms with Gasteiger partial charge in [0.05, 0.1) is 11.3 Å². The molecule has 2 N–H and O–H groups in total. The summed E-state index contributed by atoms with van der Waals surface area (Å²) in [6, 6.07) is 4.16. The summed E-state index contributed by atoms with van der Waals surface area (Å²) in [5.41, 5.74) is 0.195. The first-order chi connectivity index (χ1) is 13.9. The molecule has 0 amide bonds. The first-order valence-corrected chi connectivity index (χ1v) is 10.1. The number of aromatic nitrogens is 3. The summed E-state index contributed by atoms with van der Waals surface area (Å²) in [6.07, 6.45) is 0.865. The highest BCUT2D eigenvalue weighted by Crippen LogP contribution is 2.32.